The molecule has 0 aromatic carbocycles. The first-order valence-electron chi connectivity index (χ1n) is 6.40. The predicted octanol–water partition coefficient (Wildman–Crippen LogP) is 2.52. The van der Waals surface area contributed by atoms with E-state index in [4.69, 9.17) is 4.74 Å². The minimum absolute atomic E-state index is 0.0750. The highest BCUT2D eigenvalue weighted by Crippen LogP contribution is 2.34. The summed E-state index contributed by atoms with van der Waals surface area (Å²) in [6.07, 6.45) is 5.50. The van der Waals surface area contributed by atoms with Crippen molar-refractivity contribution in [1.82, 2.24) is 0 Å². The van der Waals surface area contributed by atoms with Crippen LogP contribution >= 0.6 is 0 Å². The lowest BCUT2D eigenvalue weighted by molar-refractivity contribution is -0.137. The maximum atomic E-state index is 11.6. The van der Waals surface area contributed by atoms with Crippen LogP contribution in [0.4, 0.5) is 0 Å². The Bertz CT molecular complexity index is 431. The Morgan fingerprint density at radius 1 is 1.33 bits per heavy atom. The molecule has 0 aromatic rings. The van der Waals surface area contributed by atoms with Crippen molar-refractivity contribution in [3.05, 3.63) is 35.5 Å². The number of rotatable bonds is 0. The van der Waals surface area contributed by atoms with Crippen LogP contribution < -0.4 is 0 Å². The zero-order valence-corrected chi connectivity index (χ0v) is 11.0. The van der Waals surface area contributed by atoms with Gasteiger partial charge in [0.25, 0.3) is 0 Å². The van der Waals surface area contributed by atoms with Gasteiger partial charge in [-0.05, 0) is 39.2 Å². The highest BCUT2D eigenvalue weighted by molar-refractivity contribution is 5.91. The average molecular weight is 248 g/mol. The third-order valence-electron chi connectivity index (χ3n) is 3.66. The average Bonchev–Trinajstić information content (AvgIpc) is 2.51. The van der Waals surface area contributed by atoms with E-state index in [1.54, 1.807) is 0 Å². The highest BCUT2D eigenvalue weighted by Gasteiger charge is 2.37. The molecule has 3 atom stereocenters. The van der Waals surface area contributed by atoms with Gasteiger partial charge >= 0.3 is 5.97 Å². The Hall–Kier alpha value is -1.35. The number of allylic oxidation sites excluding steroid dienone is 1. The van der Waals surface area contributed by atoms with Crippen molar-refractivity contribution in [2.75, 3.05) is 0 Å². The first-order chi connectivity index (χ1) is 8.47. The lowest BCUT2D eigenvalue weighted by Gasteiger charge is -2.18. The maximum Gasteiger partial charge on any atom is 0.334 e. The Balaban J connectivity index is 2.27. The molecule has 3 nitrogen and oxygen atoms in total. The van der Waals surface area contributed by atoms with E-state index in [1.165, 1.54) is 0 Å². The molecule has 1 saturated heterocycles. The smallest absolute Gasteiger partial charge is 0.334 e. The van der Waals surface area contributed by atoms with Crippen LogP contribution in [0.1, 0.15) is 33.1 Å². The van der Waals surface area contributed by atoms with Crippen molar-refractivity contribution in [3.8, 4) is 0 Å². The number of hydrogen-bond donors (Lipinski definition) is 1. The van der Waals surface area contributed by atoms with E-state index in [-0.39, 0.29) is 18.0 Å². The standard InChI is InChI=1S/C15H20O3/c1-9-4-5-13-11(3)15(17)18-14(13)8-10(2)7-12(16)6-9/h6,8,12-14,16H,3-5,7H2,1-2H3/b9-6+,10-8+/t12-,13-,14+/m0/s1. The number of esters is 1. The molecule has 1 N–H and O–H groups in total. The Kier molecular flexibility index (Phi) is 3.71. The quantitative estimate of drug-likeness (QED) is 0.407. The van der Waals surface area contributed by atoms with Gasteiger partial charge < -0.3 is 9.84 Å². The molecular formula is C15H20O3. The minimum Gasteiger partial charge on any atom is -0.454 e. The largest absolute Gasteiger partial charge is 0.454 e. The van der Waals surface area contributed by atoms with Gasteiger partial charge in [0.15, 0.2) is 0 Å². The van der Waals surface area contributed by atoms with Gasteiger partial charge in [0.2, 0.25) is 0 Å². The first-order valence-corrected chi connectivity index (χ1v) is 6.40. The predicted molar refractivity (Wildman–Crippen MR) is 69.9 cm³/mol. The summed E-state index contributed by atoms with van der Waals surface area (Å²) in [7, 11) is 0. The van der Waals surface area contributed by atoms with Gasteiger partial charge in [-0.1, -0.05) is 23.8 Å². The molecule has 1 aliphatic heterocycles. The summed E-state index contributed by atoms with van der Waals surface area (Å²) in [6, 6.07) is 0. The fraction of sp³-hybridized carbons (Fsp3) is 0.533. The van der Waals surface area contributed by atoms with Crippen LogP contribution in [0.2, 0.25) is 0 Å². The molecule has 18 heavy (non-hydrogen) atoms. The van der Waals surface area contributed by atoms with Crippen LogP contribution in [0.3, 0.4) is 0 Å². The summed E-state index contributed by atoms with van der Waals surface area (Å²) >= 11 is 0. The number of carbonyl (C=O) groups excluding carboxylic acids is 1. The molecule has 0 amide bonds. The van der Waals surface area contributed by atoms with Crippen LogP contribution in [-0.4, -0.2) is 23.3 Å². The van der Waals surface area contributed by atoms with E-state index in [1.807, 2.05) is 26.0 Å². The lowest BCUT2D eigenvalue weighted by Crippen LogP contribution is -2.17. The molecule has 0 spiro atoms. The summed E-state index contributed by atoms with van der Waals surface area (Å²) in [4.78, 5) is 11.6. The molecular weight excluding hydrogens is 228 g/mol. The van der Waals surface area contributed by atoms with E-state index in [2.05, 4.69) is 6.58 Å². The van der Waals surface area contributed by atoms with Crippen molar-refractivity contribution in [3.63, 3.8) is 0 Å². The monoisotopic (exact) mass is 248 g/mol. The fourth-order valence-corrected chi connectivity index (χ4v) is 2.65. The van der Waals surface area contributed by atoms with Crippen LogP contribution in [0, 0.1) is 5.92 Å². The second-order valence-electron chi connectivity index (χ2n) is 5.34. The molecule has 0 bridgehead atoms. The van der Waals surface area contributed by atoms with Gasteiger partial charge in [0, 0.05) is 11.5 Å². The minimum atomic E-state index is -0.446. The number of aliphatic hydroxyl groups is 1. The van der Waals surface area contributed by atoms with Crippen LogP contribution in [0.5, 0.6) is 0 Å². The fourth-order valence-electron chi connectivity index (χ4n) is 2.65. The van der Waals surface area contributed by atoms with Crippen LogP contribution in [-0.2, 0) is 9.53 Å². The lowest BCUT2D eigenvalue weighted by atomic mass is 9.88. The summed E-state index contributed by atoms with van der Waals surface area (Å²) in [5.41, 5.74) is 2.78. The molecule has 3 heteroatoms. The van der Waals surface area contributed by atoms with Crippen molar-refractivity contribution < 1.29 is 14.6 Å². The van der Waals surface area contributed by atoms with Crippen LogP contribution in [0.25, 0.3) is 0 Å². The van der Waals surface area contributed by atoms with Crippen molar-refractivity contribution in [2.24, 2.45) is 5.92 Å². The van der Waals surface area contributed by atoms with E-state index < -0.39 is 6.10 Å². The zero-order valence-electron chi connectivity index (χ0n) is 11.0. The molecule has 1 heterocycles. The van der Waals surface area contributed by atoms with E-state index in [0.29, 0.717) is 12.0 Å². The van der Waals surface area contributed by atoms with Gasteiger partial charge in [0.1, 0.15) is 6.10 Å². The molecule has 98 valence electrons. The third-order valence-corrected chi connectivity index (χ3v) is 3.66. The van der Waals surface area contributed by atoms with Crippen molar-refractivity contribution >= 4 is 5.97 Å². The molecule has 0 unspecified atom stereocenters. The van der Waals surface area contributed by atoms with E-state index in [9.17, 15) is 9.90 Å². The van der Waals surface area contributed by atoms with Gasteiger partial charge in [-0.3, -0.25) is 0 Å². The van der Waals surface area contributed by atoms with Crippen LogP contribution in [0.15, 0.2) is 35.5 Å². The zero-order chi connectivity index (χ0) is 13.3. The molecule has 2 aliphatic rings. The summed E-state index contributed by atoms with van der Waals surface area (Å²) in [5.74, 6) is -0.207. The van der Waals surface area contributed by atoms with Crippen molar-refractivity contribution in [1.29, 1.82) is 0 Å². The number of ether oxygens (including phenoxy) is 1. The number of aliphatic hydroxyl groups excluding tert-OH is 1. The molecule has 0 saturated carbocycles. The maximum absolute atomic E-state index is 11.6. The SMILES string of the molecule is C=C1C(=O)O[C@@H]2/C=C(\C)C[C@@H](O)/C=C(\C)CC[C@@H]12. The number of hydrogen-bond acceptors (Lipinski definition) is 3. The third kappa shape index (κ3) is 2.72. The summed E-state index contributed by atoms with van der Waals surface area (Å²) in [5, 5.41) is 9.87. The molecule has 1 aliphatic carbocycles. The second-order valence-corrected chi connectivity index (χ2v) is 5.34. The van der Waals surface area contributed by atoms with Gasteiger partial charge in [-0.15, -0.1) is 0 Å². The first kappa shape index (κ1) is 13.1. The number of carbonyl (C=O) groups is 1. The number of fused-ring (bicyclic) bond motifs is 1. The Morgan fingerprint density at radius 2 is 2.06 bits per heavy atom. The normalized spacial score (nSPS) is 39.2. The summed E-state index contributed by atoms with van der Waals surface area (Å²) in [6.45, 7) is 7.81. The van der Waals surface area contributed by atoms with Gasteiger partial charge in [0.05, 0.1) is 6.10 Å². The Labute approximate surface area is 108 Å². The summed E-state index contributed by atoms with van der Waals surface area (Å²) < 4.78 is 5.33. The molecule has 0 radical (unpaired) electrons. The van der Waals surface area contributed by atoms with Gasteiger partial charge in [-0.2, -0.15) is 0 Å². The Morgan fingerprint density at radius 3 is 2.78 bits per heavy atom. The molecule has 1 fully saturated rings. The van der Waals surface area contributed by atoms with E-state index in [0.717, 1.165) is 24.0 Å². The highest BCUT2D eigenvalue weighted by atomic mass is 16.5. The molecule has 0 aromatic heterocycles. The van der Waals surface area contributed by atoms with Gasteiger partial charge in [-0.25, -0.2) is 4.79 Å². The van der Waals surface area contributed by atoms with Crippen molar-refractivity contribution in [2.45, 2.75) is 45.3 Å². The second kappa shape index (κ2) is 5.11. The molecule has 2 rings (SSSR count). The topological polar surface area (TPSA) is 46.5 Å². The van der Waals surface area contributed by atoms with E-state index >= 15 is 0 Å².